The van der Waals surface area contributed by atoms with Crippen LogP contribution in [0.25, 0.3) is 0 Å². The van der Waals surface area contributed by atoms with Crippen LogP contribution in [0, 0.1) is 5.82 Å². The summed E-state index contributed by atoms with van der Waals surface area (Å²) in [5, 5.41) is 0. The minimum Gasteiger partial charge on any atom is -0.480 e. The van der Waals surface area contributed by atoms with E-state index in [1.54, 1.807) is 6.07 Å². The fraction of sp³-hybridized carbons (Fsp3) is 0.400. The molecule has 0 amide bonds. The standard InChI is InChI=1S/C15H17FN2O3S2/c1-21-14-10-15(22-17-14)23(19,20)18-7-3-6-13(18)9-11-4-2-5-12(16)8-11/h2,4-5,8,10,13H,3,6-7,9H2,1H3. The third-order valence-electron chi connectivity index (χ3n) is 3.92. The number of aromatic nitrogens is 1. The molecule has 124 valence electrons. The summed E-state index contributed by atoms with van der Waals surface area (Å²) >= 11 is 0.914. The molecule has 2 aromatic rings. The van der Waals surface area contributed by atoms with Gasteiger partial charge in [0, 0.05) is 18.7 Å². The van der Waals surface area contributed by atoms with Gasteiger partial charge in [0.05, 0.1) is 7.11 Å². The molecule has 0 radical (unpaired) electrons. The van der Waals surface area contributed by atoms with Crippen LogP contribution in [0.4, 0.5) is 4.39 Å². The molecule has 5 nitrogen and oxygen atoms in total. The molecule has 23 heavy (non-hydrogen) atoms. The molecule has 0 spiro atoms. The van der Waals surface area contributed by atoms with Gasteiger partial charge in [-0.05, 0) is 48.5 Å². The molecular formula is C15H17FN2O3S2. The fourth-order valence-corrected chi connectivity index (χ4v) is 5.50. The Hall–Kier alpha value is -1.51. The first-order valence-corrected chi connectivity index (χ1v) is 9.49. The van der Waals surface area contributed by atoms with Gasteiger partial charge >= 0.3 is 0 Å². The number of ether oxygens (including phenoxy) is 1. The smallest absolute Gasteiger partial charge is 0.254 e. The number of hydrogen-bond acceptors (Lipinski definition) is 5. The average molecular weight is 356 g/mol. The summed E-state index contributed by atoms with van der Waals surface area (Å²) in [7, 11) is -2.14. The first kappa shape index (κ1) is 16.4. The number of halogens is 1. The van der Waals surface area contributed by atoms with E-state index < -0.39 is 10.0 Å². The van der Waals surface area contributed by atoms with E-state index in [0.717, 1.165) is 29.9 Å². The lowest BCUT2D eigenvalue weighted by molar-refractivity contribution is 0.385. The molecule has 0 N–H and O–H groups in total. The highest BCUT2D eigenvalue weighted by Gasteiger charge is 2.36. The van der Waals surface area contributed by atoms with Gasteiger partial charge in [0.15, 0.2) is 4.21 Å². The molecule has 8 heteroatoms. The molecule has 1 aromatic carbocycles. The average Bonchev–Trinajstić information content (AvgIpc) is 3.16. The zero-order chi connectivity index (χ0) is 16.4. The summed E-state index contributed by atoms with van der Waals surface area (Å²) in [6, 6.07) is 7.59. The molecule has 1 unspecified atom stereocenters. The minimum atomic E-state index is -3.59. The Balaban J connectivity index is 1.83. The second-order valence-corrected chi connectivity index (χ2v) is 8.36. The molecule has 1 aromatic heterocycles. The topological polar surface area (TPSA) is 59.5 Å². The van der Waals surface area contributed by atoms with Crippen LogP contribution >= 0.6 is 11.5 Å². The maximum Gasteiger partial charge on any atom is 0.254 e. The van der Waals surface area contributed by atoms with Crippen LogP contribution in [0.15, 0.2) is 34.5 Å². The van der Waals surface area contributed by atoms with Gasteiger partial charge in [0.2, 0.25) is 5.88 Å². The van der Waals surface area contributed by atoms with Crippen molar-refractivity contribution in [3.05, 3.63) is 41.7 Å². The predicted octanol–water partition coefficient (Wildman–Crippen LogP) is 2.69. The second kappa shape index (κ2) is 6.54. The van der Waals surface area contributed by atoms with Crippen LogP contribution in [0.1, 0.15) is 18.4 Å². The monoisotopic (exact) mass is 356 g/mol. The molecule has 1 atom stereocenters. The zero-order valence-electron chi connectivity index (χ0n) is 12.6. The van der Waals surface area contributed by atoms with E-state index in [1.165, 1.54) is 29.6 Å². The first-order valence-electron chi connectivity index (χ1n) is 7.27. The van der Waals surface area contributed by atoms with Crippen molar-refractivity contribution in [2.75, 3.05) is 13.7 Å². The molecule has 3 rings (SSSR count). The number of methoxy groups -OCH3 is 1. The normalized spacial score (nSPS) is 19.1. The van der Waals surface area contributed by atoms with Gasteiger partial charge in [-0.1, -0.05) is 12.1 Å². The molecule has 1 saturated heterocycles. The van der Waals surface area contributed by atoms with Crippen LogP contribution in [0.5, 0.6) is 5.88 Å². The molecule has 1 aliphatic heterocycles. The van der Waals surface area contributed by atoms with Gasteiger partial charge in [0.1, 0.15) is 5.82 Å². The van der Waals surface area contributed by atoms with Crippen LogP contribution in [0.3, 0.4) is 0 Å². The maximum atomic E-state index is 13.3. The highest BCUT2D eigenvalue weighted by molar-refractivity contribution is 7.91. The van der Waals surface area contributed by atoms with Crippen molar-refractivity contribution >= 4 is 21.6 Å². The Morgan fingerprint density at radius 3 is 2.96 bits per heavy atom. The van der Waals surface area contributed by atoms with E-state index in [9.17, 15) is 12.8 Å². The van der Waals surface area contributed by atoms with Crippen molar-refractivity contribution in [3.8, 4) is 5.88 Å². The van der Waals surface area contributed by atoms with Gasteiger partial charge in [-0.25, -0.2) is 12.8 Å². The quantitative estimate of drug-likeness (QED) is 0.826. The lowest BCUT2D eigenvalue weighted by Gasteiger charge is -2.23. The first-order chi connectivity index (χ1) is 11.0. The van der Waals surface area contributed by atoms with Crippen LogP contribution in [0.2, 0.25) is 0 Å². The van der Waals surface area contributed by atoms with Crippen LogP contribution < -0.4 is 4.74 Å². The molecule has 0 aliphatic carbocycles. The van der Waals surface area contributed by atoms with Crippen LogP contribution in [-0.2, 0) is 16.4 Å². The van der Waals surface area contributed by atoms with E-state index in [-0.39, 0.29) is 16.1 Å². The second-order valence-electron chi connectivity index (χ2n) is 5.43. The summed E-state index contributed by atoms with van der Waals surface area (Å²) in [6.07, 6.45) is 2.08. The van der Waals surface area contributed by atoms with Crippen molar-refractivity contribution in [2.45, 2.75) is 29.5 Å². The number of nitrogens with zero attached hydrogens (tertiary/aromatic N) is 2. The lowest BCUT2D eigenvalue weighted by atomic mass is 10.0. The molecule has 0 saturated carbocycles. The number of rotatable bonds is 5. The Morgan fingerprint density at radius 2 is 2.26 bits per heavy atom. The van der Waals surface area contributed by atoms with Gasteiger partial charge in [-0.3, -0.25) is 0 Å². The Kier molecular flexibility index (Phi) is 4.65. The van der Waals surface area contributed by atoms with E-state index in [0.29, 0.717) is 18.8 Å². The Labute approximate surface area is 138 Å². The Morgan fingerprint density at radius 1 is 1.43 bits per heavy atom. The maximum absolute atomic E-state index is 13.3. The summed E-state index contributed by atoms with van der Waals surface area (Å²) in [5.74, 6) is -0.00319. The summed E-state index contributed by atoms with van der Waals surface area (Å²) in [4.78, 5) is 0. The van der Waals surface area contributed by atoms with Crippen molar-refractivity contribution in [3.63, 3.8) is 0 Å². The fourth-order valence-electron chi connectivity index (χ4n) is 2.84. The highest BCUT2D eigenvalue weighted by atomic mass is 32.2. The third kappa shape index (κ3) is 3.39. The van der Waals surface area contributed by atoms with Crippen molar-refractivity contribution in [1.29, 1.82) is 0 Å². The molecule has 0 bridgehead atoms. The lowest BCUT2D eigenvalue weighted by Crippen LogP contribution is -2.36. The van der Waals surface area contributed by atoms with E-state index >= 15 is 0 Å². The predicted molar refractivity (Wildman–Crippen MR) is 85.7 cm³/mol. The van der Waals surface area contributed by atoms with Gasteiger partial charge < -0.3 is 4.74 Å². The van der Waals surface area contributed by atoms with Crippen LogP contribution in [-0.4, -0.2) is 36.8 Å². The highest BCUT2D eigenvalue weighted by Crippen LogP contribution is 2.31. The summed E-state index contributed by atoms with van der Waals surface area (Å²) < 4.78 is 49.5. The molecular weight excluding hydrogens is 339 g/mol. The summed E-state index contributed by atoms with van der Waals surface area (Å²) in [5.41, 5.74) is 0.805. The van der Waals surface area contributed by atoms with Crippen molar-refractivity contribution in [2.24, 2.45) is 0 Å². The van der Waals surface area contributed by atoms with Gasteiger partial charge in [-0.2, -0.15) is 8.68 Å². The van der Waals surface area contributed by atoms with Gasteiger partial charge in [0.25, 0.3) is 10.0 Å². The molecule has 1 fully saturated rings. The minimum absolute atomic E-state index is 0.158. The largest absolute Gasteiger partial charge is 0.480 e. The zero-order valence-corrected chi connectivity index (χ0v) is 14.2. The van der Waals surface area contributed by atoms with E-state index in [4.69, 9.17) is 4.74 Å². The molecule has 2 heterocycles. The third-order valence-corrected chi connectivity index (χ3v) is 7.07. The number of benzene rings is 1. The van der Waals surface area contributed by atoms with Gasteiger partial charge in [-0.15, -0.1) is 0 Å². The van der Waals surface area contributed by atoms with E-state index in [2.05, 4.69) is 4.37 Å². The number of sulfonamides is 1. The van der Waals surface area contributed by atoms with Crippen molar-refractivity contribution in [1.82, 2.24) is 8.68 Å². The molecule has 1 aliphatic rings. The Bertz CT molecular complexity index is 792. The SMILES string of the molecule is COc1cc(S(=O)(=O)N2CCCC2Cc2cccc(F)c2)sn1. The van der Waals surface area contributed by atoms with Crippen molar-refractivity contribution < 1.29 is 17.5 Å². The number of hydrogen-bond donors (Lipinski definition) is 0. The van der Waals surface area contributed by atoms with E-state index in [1.807, 2.05) is 6.07 Å². The summed E-state index contributed by atoms with van der Waals surface area (Å²) in [6.45, 7) is 0.475.